The topological polar surface area (TPSA) is 51.9 Å². The van der Waals surface area contributed by atoms with Gasteiger partial charge in [-0.3, -0.25) is 9.69 Å². The number of nitrogens with zero attached hydrogens (tertiary/aromatic N) is 1. The number of benzene rings is 3. The molecule has 1 unspecified atom stereocenters. The quantitative estimate of drug-likeness (QED) is 0.454. The number of rotatable bonds is 2. The Hall–Kier alpha value is -3.99. The third kappa shape index (κ3) is 2.45. The molecule has 3 heterocycles. The second-order valence-electron chi connectivity index (χ2n) is 7.27. The number of anilines is 1. The number of hydrogen-bond donors (Lipinski definition) is 0. The van der Waals surface area contributed by atoms with E-state index in [0.717, 1.165) is 27.9 Å². The van der Waals surface area contributed by atoms with E-state index in [-0.39, 0.29) is 18.7 Å². The van der Waals surface area contributed by atoms with Gasteiger partial charge in [-0.2, -0.15) is 0 Å². The van der Waals surface area contributed by atoms with E-state index in [0.29, 0.717) is 17.3 Å². The van der Waals surface area contributed by atoms with Crippen LogP contribution in [0.2, 0.25) is 0 Å². The van der Waals surface area contributed by atoms with Crippen molar-refractivity contribution in [3.63, 3.8) is 0 Å². The Morgan fingerprint density at radius 1 is 0.833 bits per heavy atom. The minimum Gasteiger partial charge on any atom is -0.459 e. The van der Waals surface area contributed by atoms with Crippen LogP contribution >= 0.6 is 0 Å². The lowest BCUT2D eigenvalue weighted by Crippen LogP contribution is -2.38. The number of hydrogen-bond acceptors (Lipinski definition) is 4. The number of para-hydroxylation sites is 1. The van der Waals surface area contributed by atoms with Crippen LogP contribution in [-0.2, 0) is 0 Å². The molecule has 5 heteroatoms. The summed E-state index contributed by atoms with van der Waals surface area (Å²) in [5.41, 5.74) is 4.97. The van der Waals surface area contributed by atoms with Gasteiger partial charge in [-0.05, 0) is 47.0 Å². The van der Waals surface area contributed by atoms with Gasteiger partial charge in [0.15, 0.2) is 17.3 Å². The Balaban J connectivity index is 1.61. The molecule has 1 atom stereocenters. The lowest BCUT2D eigenvalue weighted by molar-refractivity contribution is 0.0953. The predicted octanol–water partition coefficient (Wildman–Crippen LogP) is 5.43. The summed E-state index contributed by atoms with van der Waals surface area (Å²) < 4.78 is 16.6. The van der Waals surface area contributed by atoms with Crippen molar-refractivity contribution in [2.24, 2.45) is 0 Å². The van der Waals surface area contributed by atoms with E-state index in [1.807, 2.05) is 59.5 Å². The summed E-state index contributed by atoms with van der Waals surface area (Å²) in [6.45, 7) is 0.206. The average Bonchev–Trinajstić information content (AvgIpc) is 3.49. The van der Waals surface area contributed by atoms with Crippen molar-refractivity contribution < 1.29 is 18.7 Å². The zero-order valence-electron chi connectivity index (χ0n) is 15.9. The van der Waals surface area contributed by atoms with Crippen LogP contribution in [0.3, 0.4) is 0 Å². The molecule has 2 aliphatic rings. The fourth-order valence-corrected chi connectivity index (χ4v) is 4.33. The van der Waals surface area contributed by atoms with Gasteiger partial charge in [0.1, 0.15) is 0 Å². The fourth-order valence-electron chi connectivity index (χ4n) is 4.33. The summed E-state index contributed by atoms with van der Waals surface area (Å²) in [6, 6.07) is 25.1. The van der Waals surface area contributed by atoms with Gasteiger partial charge in [-0.25, -0.2) is 0 Å². The number of carbonyl (C=O) groups excluding carboxylic acids is 1. The minimum atomic E-state index is -0.330. The van der Waals surface area contributed by atoms with E-state index in [9.17, 15) is 4.79 Å². The van der Waals surface area contributed by atoms with Crippen LogP contribution in [0.15, 0.2) is 89.5 Å². The van der Waals surface area contributed by atoms with E-state index >= 15 is 0 Å². The largest absolute Gasteiger partial charge is 0.459 e. The molecule has 3 aromatic carbocycles. The standard InChI is InChI=1S/C25H17NO4/c27-25(22-10-5-13-28-22)26-20-9-4-3-7-18(20)17-6-1-2-8-19(17)24(26)16-11-12-21-23(14-16)30-15-29-21/h1-14,24H,15H2. The van der Waals surface area contributed by atoms with Crippen LogP contribution in [0.4, 0.5) is 5.69 Å². The van der Waals surface area contributed by atoms with Crippen molar-refractivity contribution in [3.8, 4) is 22.6 Å². The summed E-state index contributed by atoms with van der Waals surface area (Å²) in [7, 11) is 0. The highest BCUT2D eigenvalue weighted by atomic mass is 16.7. The first kappa shape index (κ1) is 16.9. The zero-order valence-corrected chi connectivity index (χ0v) is 15.9. The van der Waals surface area contributed by atoms with Gasteiger partial charge >= 0.3 is 0 Å². The van der Waals surface area contributed by atoms with Crippen LogP contribution in [0.1, 0.15) is 27.7 Å². The summed E-state index contributed by atoms with van der Waals surface area (Å²) in [5.74, 6) is 1.51. The highest BCUT2D eigenvalue weighted by Crippen LogP contribution is 2.49. The van der Waals surface area contributed by atoms with Gasteiger partial charge in [-0.1, -0.05) is 48.5 Å². The molecule has 30 heavy (non-hydrogen) atoms. The molecule has 4 aromatic rings. The smallest absolute Gasteiger partial charge is 0.294 e. The van der Waals surface area contributed by atoms with Gasteiger partial charge < -0.3 is 13.9 Å². The van der Waals surface area contributed by atoms with Crippen LogP contribution in [0.25, 0.3) is 11.1 Å². The molecule has 0 bridgehead atoms. The molecule has 5 nitrogen and oxygen atoms in total. The predicted molar refractivity (Wildman–Crippen MR) is 112 cm³/mol. The van der Waals surface area contributed by atoms with Crippen molar-refractivity contribution >= 4 is 11.6 Å². The number of ether oxygens (including phenoxy) is 2. The normalized spacial score (nSPS) is 16.1. The highest BCUT2D eigenvalue weighted by Gasteiger charge is 2.37. The fraction of sp³-hybridized carbons (Fsp3) is 0.0800. The van der Waals surface area contributed by atoms with Crippen molar-refractivity contribution in [2.75, 3.05) is 11.7 Å². The van der Waals surface area contributed by atoms with Gasteiger partial charge in [0, 0.05) is 5.56 Å². The van der Waals surface area contributed by atoms with E-state index in [1.165, 1.54) is 6.26 Å². The highest BCUT2D eigenvalue weighted by molar-refractivity contribution is 6.09. The second-order valence-corrected chi connectivity index (χ2v) is 7.27. The molecule has 2 aliphatic heterocycles. The first-order valence-electron chi connectivity index (χ1n) is 9.76. The van der Waals surface area contributed by atoms with Crippen LogP contribution in [0.5, 0.6) is 11.5 Å². The molecule has 0 saturated heterocycles. The molecule has 0 fully saturated rings. The molecular weight excluding hydrogens is 378 g/mol. The third-order valence-corrected chi connectivity index (χ3v) is 5.63. The molecule has 0 aliphatic carbocycles. The molecule has 1 aromatic heterocycles. The van der Waals surface area contributed by atoms with Gasteiger partial charge in [-0.15, -0.1) is 0 Å². The SMILES string of the molecule is O=C(c1ccco1)N1c2ccccc2-c2ccccc2C1c1ccc2c(c1)OCO2. The van der Waals surface area contributed by atoms with Crippen molar-refractivity contribution in [3.05, 3.63) is 102 Å². The van der Waals surface area contributed by atoms with E-state index in [2.05, 4.69) is 12.1 Å². The Morgan fingerprint density at radius 2 is 1.63 bits per heavy atom. The monoisotopic (exact) mass is 395 g/mol. The van der Waals surface area contributed by atoms with Crippen LogP contribution in [0, 0.1) is 0 Å². The first-order valence-corrected chi connectivity index (χ1v) is 9.76. The van der Waals surface area contributed by atoms with Crippen molar-refractivity contribution in [1.29, 1.82) is 0 Å². The summed E-state index contributed by atoms with van der Waals surface area (Å²) in [4.78, 5) is 15.4. The first-order chi connectivity index (χ1) is 14.8. The molecule has 1 amide bonds. The molecule has 0 spiro atoms. The second kappa shape index (κ2) is 6.52. The minimum absolute atomic E-state index is 0.190. The van der Waals surface area contributed by atoms with Gasteiger partial charge in [0.05, 0.1) is 18.0 Å². The van der Waals surface area contributed by atoms with Gasteiger partial charge in [0.2, 0.25) is 6.79 Å². The molecule has 0 N–H and O–H groups in total. The lowest BCUT2D eigenvalue weighted by Gasteiger charge is -2.38. The Morgan fingerprint density at radius 3 is 2.50 bits per heavy atom. The number of carbonyl (C=O) groups is 1. The number of amides is 1. The van der Waals surface area contributed by atoms with Crippen molar-refractivity contribution in [2.45, 2.75) is 6.04 Å². The molecule has 0 saturated carbocycles. The average molecular weight is 395 g/mol. The van der Waals surface area contributed by atoms with E-state index < -0.39 is 0 Å². The Kier molecular flexibility index (Phi) is 3.68. The maximum Gasteiger partial charge on any atom is 0.294 e. The number of fused-ring (bicyclic) bond motifs is 4. The Bertz CT molecular complexity index is 1260. The maximum atomic E-state index is 13.6. The summed E-state index contributed by atoms with van der Waals surface area (Å²) >= 11 is 0. The van der Waals surface area contributed by atoms with Crippen LogP contribution < -0.4 is 14.4 Å². The zero-order chi connectivity index (χ0) is 20.1. The summed E-state index contributed by atoms with van der Waals surface area (Å²) in [5, 5.41) is 0. The number of furan rings is 1. The molecular formula is C25H17NO4. The summed E-state index contributed by atoms with van der Waals surface area (Å²) in [6.07, 6.45) is 1.52. The van der Waals surface area contributed by atoms with Crippen LogP contribution in [-0.4, -0.2) is 12.7 Å². The maximum absolute atomic E-state index is 13.6. The Labute approximate surface area is 173 Å². The molecule has 146 valence electrons. The van der Waals surface area contributed by atoms with Crippen molar-refractivity contribution in [1.82, 2.24) is 0 Å². The molecule has 6 rings (SSSR count). The lowest BCUT2D eigenvalue weighted by atomic mass is 9.84. The third-order valence-electron chi connectivity index (χ3n) is 5.63. The van der Waals surface area contributed by atoms with E-state index in [1.54, 1.807) is 12.1 Å². The van der Waals surface area contributed by atoms with Gasteiger partial charge in [0.25, 0.3) is 5.91 Å². The molecule has 0 radical (unpaired) electrons. The van der Waals surface area contributed by atoms with E-state index in [4.69, 9.17) is 13.9 Å².